The highest BCUT2D eigenvalue weighted by molar-refractivity contribution is 6.01. The summed E-state index contributed by atoms with van der Waals surface area (Å²) in [6, 6.07) is -0.133. The lowest BCUT2D eigenvalue weighted by Gasteiger charge is -2.25. The summed E-state index contributed by atoms with van der Waals surface area (Å²) in [6.07, 6.45) is 1.82. The Morgan fingerprint density at radius 1 is 1.07 bits per heavy atom. The molecule has 4 amide bonds. The molecule has 0 aliphatic carbocycles. The van der Waals surface area contributed by atoms with Crippen molar-refractivity contribution in [1.82, 2.24) is 20.6 Å². The second-order valence-electron chi connectivity index (χ2n) is 7.73. The summed E-state index contributed by atoms with van der Waals surface area (Å²) in [5.41, 5.74) is 0. The smallest absolute Gasteiger partial charge is 0.334 e. The number of nitrogens with one attached hydrogen (secondary N) is 2. The van der Waals surface area contributed by atoms with Crippen LogP contribution in [0.15, 0.2) is 0 Å². The molecule has 2 N–H and O–H groups in total. The van der Waals surface area contributed by atoms with Crippen molar-refractivity contribution < 1.29 is 28.8 Å². The van der Waals surface area contributed by atoms with Crippen LogP contribution in [0.4, 0.5) is 0 Å². The number of nitrogens with zero attached hydrogens (tertiary/aromatic N) is 2. The maximum Gasteiger partial charge on any atom is 0.334 e. The maximum atomic E-state index is 12.3. The van der Waals surface area contributed by atoms with Crippen LogP contribution in [-0.4, -0.2) is 71.8 Å². The van der Waals surface area contributed by atoms with E-state index in [0.29, 0.717) is 11.0 Å². The molecule has 2 saturated heterocycles. The van der Waals surface area contributed by atoms with Gasteiger partial charge in [0.05, 0.1) is 12.5 Å². The van der Waals surface area contributed by atoms with Crippen molar-refractivity contribution in [2.45, 2.75) is 58.4 Å². The first-order valence-corrected chi connectivity index (χ1v) is 10.1. The van der Waals surface area contributed by atoms with E-state index in [1.54, 1.807) is 0 Å². The van der Waals surface area contributed by atoms with Crippen LogP contribution in [0.3, 0.4) is 0 Å². The number of amides is 4. The van der Waals surface area contributed by atoms with Gasteiger partial charge in [0.25, 0.3) is 11.8 Å². The van der Waals surface area contributed by atoms with Crippen molar-refractivity contribution in [2.75, 3.05) is 26.2 Å². The average molecular weight is 419 g/mol. The third kappa shape index (κ3) is 7.12. The second kappa shape index (κ2) is 10.9. The molecule has 10 heteroatoms. The molecule has 29 heavy (non-hydrogen) atoms. The lowest BCUT2D eigenvalue weighted by molar-refractivity contribution is -0.197. The zero-order chi connectivity index (χ0) is 21.4. The summed E-state index contributed by atoms with van der Waals surface area (Å²) in [5, 5.41) is 5.83. The topological polar surface area (TPSA) is 125 Å². The van der Waals surface area contributed by atoms with Gasteiger partial charge in [0.15, 0.2) is 0 Å². The van der Waals surface area contributed by atoms with E-state index in [9.17, 15) is 24.0 Å². The number of hydroxylamine groups is 2. The van der Waals surface area contributed by atoms with Gasteiger partial charge in [-0.2, -0.15) is 0 Å². The summed E-state index contributed by atoms with van der Waals surface area (Å²) in [5.74, 6) is -1.73. The molecule has 2 aliphatic heterocycles. The zero-order valence-electron chi connectivity index (χ0n) is 17.1. The number of imide groups is 1. The highest BCUT2D eigenvalue weighted by Crippen LogP contribution is 2.18. The molecular formula is C19H30N4O6. The van der Waals surface area contributed by atoms with E-state index in [1.165, 1.54) is 0 Å². The Bertz CT molecular complexity index is 635. The Morgan fingerprint density at radius 3 is 2.38 bits per heavy atom. The molecule has 0 aromatic rings. The Morgan fingerprint density at radius 2 is 1.72 bits per heavy atom. The molecule has 0 radical (unpaired) electrons. The summed E-state index contributed by atoms with van der Waals surface area (Å²) >= 11 is 0. The summed E-state index contributed by atoms with van der Waals surface area (Å²) in [4.78, 5) is 65.4. The van der Waals surface area contributed by atoms with Gasteiger partial charge in [-0.15, -0.1) is 5.06 Å². The predicted octanol–water partition coefficient (Wildman–Crippen LogP) is -0.273. The van der Waals surface area contributed by atoms with E-state index in [0.717, 1.165) is 25.9 Å². The van der Waals surface area contributed by atoms with Crippen molar-refractivity contribution in [3.8, 4) is 0 Å². The number of hydrogen-bond donors (Lipinski definition) is 2. The molecule has 2 fully saturated rings. The fourth-order valence-corrected chi connectivity index (χ4v) is 3.43. The number of likely N-dealkylation sites (tertiary alicyclic amines) is 1. The molecule has 2 aliphatic rings. The van der Waals surface area contributed by atoms with Crippen LogP contribution in [0.2, 0.25) is 0 Å². The van der Waals surface area contributed by atoms with Crippen LogP contribution in [-0.2, 0) is 28.8 Å². The molecule has 0 bridgehead atoms. The van der Waals surface area contributed by atoms with Gasteiger partial charge >= 0.3 is 5.97 Å². The first-order chi connectivity index (χ1) is 13.8. The molecule has 2 heterocycles. The van der Waals surface area contributed by atoms with E-state index in [-0.39, 0.29) is 56.6 Å². The van der Waals surface area contributed by atoms with Gasteiger partial charge in [-0.05, 0) is 25.3 Å². The number of hydrogen-bond acceptors (Lipinski definition) is 7. The lowest BCUT2D eigenvalue weighted by Crippen LogP contribution is -2.45. The molecule has 162 valence electrons. The van der Waals surface area contributed by atoms with E-state index in [1.807, 2.05) is 0 Å². The first kappa shape index (κ1) is 22.8. The van der Waals surface area contributed by atoms with E-state index >= 15 is 0 Å². The van der Waals surface area contributed by atoms with Crippen LogP contribution in [0.5, 0.6) is 0 Å². The number of carbonyl (C=O) groups is 5. The lowest BCUT2D eigenvalue weighted by atomic mass is 10.4. The molecule has 1 unspecified atom stereocenters. The van der Waals surface area contributed by atoms with Crippen molar-refractivity contribution in [3.05, 3.63) is 0 Å². The SMILES string of the molecule is [13CH3][13CH]([13CH3])[13CH2]N1[13CH2][13CH2][13CH2][13CH]1C(=O)NCCC(=O)[15NH]CCC(=O)ON1C(=O)CCC1=O. The minimum Gasteiger partial charge on any atom is -0.355 e. The van der Waals surface area contributed by atoms with Gasteiger partial charge in [-0.25, -0.2) is 4.79 Å². The molecule has 0 aromatic heterocycles. The number of carbonyl (C=O) groups excluding carboxylic acids is 5. The van der Waals surface area contributed by atoms with Gasteiger partial charge in [-0.3, -0.25) is 24.1 Å². The Labute approximate surface area is 170 Å². The van der Waals surface area contributed by atoms with Crippen LogP contribution in [0.25, 0.3) is 0 Å². The van der Waals surface area contributed by atoms with Crippen molar-refractivity contribution in [2.24, 2.45) is 5.92 Å². The standard InChI is InChI=1S/C19H30N4O6/c1-13(2)12-22-11-3-4-14(22)19(28)21-9-7-15(24)20-10-8-18(27)29-23-16(25)5-6-17(23)26/h13-14H,3-12H2,1-2H3,(H,20,24)(H,21,28)/i1+1,2+1,3+1,4+1,11+1,12+1,13+1,14+1,20+1. The third-order valence-electron chi connectivity index (χ3n) is 4.77. The molecule has 0 saturated carbocycles. The average Bonchev–Trinajstić information content (AvgIpc) is 3.22. The monoisotopic (exact) mass is 419 g/mol. The predicted molar refractivity (Wildman–Crippen MR) is 102 cm³/mol. The highest BCUT2D eigenvalue weighted by atomic mass is 16.7. The first-order valence-electron chi connectivity index (χ1n) is 10.1. The highest BCUT2D eigenvalue weighted by Gasteiger charge is 2.33. The Kier molecular flexibility index (Phi) is 8.56. The van der Waals surface area contributed by atoms with E-state index in [4.69, 9.17) is 4.84 Å². The molecule has 0 spiro atoms. The van der Waals surface area contributed by atoms with Gasteiger partial charge < -0.3 is 15.5 Å². The summed E-state index contributed by atoms with van der Waals surface area (Å²) < 4.78 is 0. The minimum atomic E-state index is -0.770. The summed E-state index contributed by atoms with van der Waals surface area (Å²) in [7, 11) is 0. The molecule has 2 rings (SSSR count). The molecule has 1 atom stereocenters. The van der Waals surface area contributed by atoms with Crippen LogP contribution < -0.4 is 10.6 Å². The van der Waals surface area contributed by atoms with Crippen LogP contribution in [0, 0.1) is 5.92 Å². The normalized spacial score (nSPS) is 19.7. The fourth-order valence-electron chi connectivity index (χ4n) is 3.43. The Hall–Kier alpha value is -2.49. The maximum absolute atomic E-state index is 12.3. The van der Waals surface area contributed by atoms with Gasteiger partial charge in [0.1, 0.15) is 0 Å². The van der Waals surface area contributed by atoms with Crippen molar-refractivity contribution in [1.29, 1.82) is 0 Å². The fraction of sp³-hybridized carbons (Fsp3) is 0.737. The van der Waals surface area contributed by atoms with Crippen LogP contribution >= 0.6 is 0 Å². The Balaban J connectivity index is 1.58. The van der Waals surface area contributed by atoms with Gasteiger partial charge in [0.2, 0.25) is 11.8 Å². The van der Waals surface area contributed by atoms with Gasteiger partial charge in [-0.1, -0.05) is 13.8 Å². The van der Waals surface area contributed by atoms with E-state index in [2.05, 4.69) is 29.4 Å². The largest absolute Gasteiger partial charge is 0.355 e. The number of rotatable bonds is 10. The zero-order valence-corrected chi connectivity index (χ0v) is 17.1. The van der Waals surface area contributed by atoms with E-state index < -0.39 is 17.8 Å². The third-order valence-corrected chi connectivity index (χ3v) is 4.77. The van der Waals surface area contributed by atoms with Crippen molar-refractivity contribution in [3.63, 3.8) is 0 Å². The second-order valence-corrected chi connectivity index (χ2v) is 7.73. The van der Waals surface area contributed by atoms with Crippen LogP contribution in [0.1, 0.15) is 52.4 Å². The molecular weight excluding hydrogens is 389 g/mol. The van der Waals surface area contributed by atoms with Crippen molar-refractivity contribution >= 4 is 29.6 Å². The quantitative estimate of drug-likeness (QED) is 0.284. The molecule has 0 aromatic carbocycles. The minimum absolute atomic E-state index is 0.0205. The molecule has 10 nitrogen and oxygen atoms in total. The van der Waals surface area contributed by atoms with Gasteiger partial charge in [0, 0.05) is 38.9 Å². The summed E-state index contributed by atoms with van der Waals surface area (Å²) in [6.45, 7) is 6.28.